The second kappa shape index (κ2) is 10.3. The fourth-order valence-electron chi connectivity index (χ4n) is 4.66. The maximum Gasteiger partial charge on any atom is 0.311 e. The van der Waals surface area contributed by atoms with Crippen molar-refractivity contribution in [1.29, 1.82) is 0 Å². The number of anilines is 2. The van der Waals surface area contributed by atoms with Crippen molar-refractivity contribution in [2.24, 2.45) is 5.92 Å². The van der Waals surface area contributed by atoms with Crippen molar-refractivity contribution in [2.75, 3.05) is 69.5 Å². The number of esters is 1. The number of carbonyl (C=O) groups excluding carboxylic acids is 3. The van der Waals surface area contributed by atoms with Gasteiger partial charge in [0.1, 0.15) is 19.0 Å². The average molecular weight is 496 g/mol. The third-order valence-corrected chi connectivity index (χ3v) is 6.70. The van der Waals surface area contributed by atoms with Crippen LogP contribution in [-0.4, -0.2) is 82.3 Å². The minimum Gasteiger partial charge on any atom is -0.497 e. The van der Waals surface area contributed by atoms with Crippen molar-refractivity contribution in [3.63, 3.8) is 0 Å². The topological polar surface area (TPSA) is 97.9 Å². The monoisotopic (exact) mass is 495 g/mol. The maximum atomic E-state index is 12.6. The Labute approximate surface area is 209 Å². The molecule has 10 nitrogen and oxygen atoms in total. The Morgan fingerprint density at radius 3 is 2.36 bits per heavy atom. The first kappa shape index (κ1) is 23.8. The molecule has 1 atom stereocenters. The van der Waals surface area contributed by atoms with Gasteiger partial charge in [0, 0.05) is 56.6 Å². The van der Waals surface area contributed by atoms with E-state index in [4.69, 9.17) is 18.9 Å². The highest BCUT2D eigenvalue weighted by Gasteiger charge is 2.37. The Kier molecular flexibility index (Phi) is 6.84. The van der Waals surface area contributed by atoms with Crippen molar-refractivity contribution < 1.29 is 33.3 Å². The number of piperazine rings is 1. The zero-order valence-electron chi connectivity index (χ0n) is 20.2. The smallest absolute Gasteiger partial charge is 0.311 e. The highest BCUT2D eigenvalue weighted by molar-refractivity contribution is 6.00. The van der Waals surface area contributed by atoms with Crippen molar-refractivity contribution in [1.82, 2.24) is 4.90 Å². The van der Waals surface area contributed by atoms with Crippen molar-refractivity contribution in [2.45, 2.75) is 6.42 Å². The van der Waals surface area contributed by atoms with Gasteiger partial charge in [0.2, 0.25) is 5.91 Å². The van der Waals surface area contributed by atoms with Crippen molar-refractivity contribution >= 4 is 29.2 Å². The van der Waals surface area contributed by atoms with E-state index in [0.717, 1.165) is 11.4 Å². The minimum atomic E-state index is -0.620. The molecule has 0 spiro atoms. The van der Waals surface area contributed by atoms with Crippen LogP contribution >= 0.6 is 0 Å². The Morgan fingerprint density at radius 2 is 1.64 bits per heavy atom. The fourth-order valence-corrected chi connectivity index (χ4v) is 4.66. The van der Waals surface area contributed by atoms with Gasteiger partial charge in [-0.25, -0.2) is 0 Å². The number of nitrogens with zero attached hydrogens (tertiary/aromatic N) is 3. The molecule has 3 aliphatic heterocycles. The SMILES string of the molecule is COc1ccc(N2CCN(C(=O)COC(=O)[C@@H]3CC(=O)N(c4ccc5c(c4)OCCO5)C3)CC2)cc1. The molecule has 2 saturated heterocycles. The van der Waals surface area contributed by atoms with E-state index in [1.807, 2.05) is 24.3 Å². The Morgan fingerprint density at radius 1 is 0.944 bits per heavy atom. The maximum absolute atomic E-state index is 12.6. The molecule has 190 valence electrons. The number of carbonyl (C=O) groups is 3. The standard InChI is InChI=1S/C26H29N3O7/c1-33-21-5-2-19(3-6-21)27-8-10-28(11-9-27)25(31)17-36-26(32)18-14-24(30)29(16-18)20-4-7-22-23(15-20)35-13-12-34-22/h2-7,15,18H,8-14,16-17H2,1H3/t18-/m1/s1. The van der Waals surface area contributed by atoms with E-state index in [2.05, 4.69) is 4.90 Å². The lowest BCUT2D eigenvalue weighted by atomic mass is 10.1. The molecule has 2 amide bonds. The van der Waals surface area contributed by atoms with Crippen LogP contribution in [0.25, 0.3) is 0 Å². The molecule has 0 aromatic heterocycles. The summed E-state index contributed by atoms with van der Waals surface area (Å²) in [6.07, 6.45) is 0.0437. The minimum absolute atomic E-state index is 0.0437. The summed E-state index contributed by atoms with van der Waals surface area (Å²) in [7, 11) is 1.63. The summed E-state index contributed by atoms with van der Waals surface area (Å²) >= 11 is 0. The summed E-state index contributed by atoms with van der Waals surface area (Å²) in [6, 6.07) is 13.1. The predicted molar refractivity (Wildman–Crippen MR) is 131 cm³/mol. The number of hydrogen-bond acceptors (Lipinski definition) is 8. The predicted octanol–water partition coefficient (Wildman–Crippen LogP) is 1.71. The molecule has 2 fully saturated rings. The van der Waals surface area contributed by atoms with Gasteiger partial charge in [0.05, 0.1) is 13.0 Å². The van der Waals surface area contributed by atoms with Crippen LogP contribution in [0.4, 0.5) is 11.4 Å². The summed E-state index contributed by atoms with van der Waals surface area (Å²) < 4.78 is 21.6. The second-order valence-corrected chi connectivity index (χ2v) is 8.91. The van der Waals surface area contributed by atoms with Gasteiger partial charge < -0.3 is 33.6 Å². The van der Waals surface area contributed by atoms with E-state index < -0.39 is 11.9 Å². The van der Waals surface area contributed by atoms with Gasteiger partial charge in [0.15, 0.2) is 18.1 Å². The molecule has 2 aromatic carbocycles. The van der Waals surface area contributed by atoms with Gasteiger partial charge in [-0.2, -0.15) is 0 Å². The molecule has 36 heavy (non-hydrogen) atoms. The van der Waals surface area contributed by atoms with E-state index in [1.54, 1.807) is 35.1 Å². The Hall–Kier alpha value is -3.95. The number of benzene rings is 2. The molecule has 10 heteroatoms. The van der Waals surface area contributed by atoms with Crippen LogP contribution in [0.3, 0.4) is 0 Å². The van der Waals surface area contributed by atoms with E-state index in [1.165, 1.54) is 0 Å². The van der Waals surface area contributed by atoms with Gasteiger partial charge in [-0.3, -0.25) is 14.4 Å². The number of rotatable bonds is 6. The molecule has 3 heterocycles. The van der Waals surface area contributed by atoms with E-state index >= 15 is 0 Å². The lowest BCUT2D eigenvalue weighted by molar-refractivity contribution is -0.155. The van der Waals surface area contributed by atoms with E-state index in [-0.39, 0.29) is 31.4 Å². The van der Waals surface area contributed by atoms with E-state index in [0.29, 0.717) is 56.6 Å². The molecule has 5 rings (SSSR count). The summed E-state index contributed by atoms with van der Waals surface area (Å²) in [5, 5.41) is 0. The normalized spacial score (nSPS) is 19.3. The van der Waals surface area contributed by atoms with Crippen molar-refractivity contribution in [3.8, 4) is 17.2 Å². The molecule has 0 bridgehead atoms. The van der Waals surface area contributed by atoms with Crippen LogP contribution in [-0.2, 0) is 19.1 Å². The lowest BCUT2D eigenvalue weighted by Crippen LogP contribution is -2.50. The molecule has 0 saturated carbocycles. The van der Waals surface area contributed by atoms with Crippen LogP contribution in [0.5, 0.6) is 17.2 Å². The van der Waals surface area contributed by atoms with Crippen LogP contribution in [0.1, 0.15) is 6.42 Å². The quantitative estimate of drug-likeness (QED) is 0.559. The van der Waals surface area contributed by atoms with Gasteiger partial charge in [0.25, 0.3) is 5.91 Å². The Balaban J connectivity index is 1.09. The second-order valence-electron chi connectivity index (χ2n) is 8.91. The lowest BCUT2D eigenvalue weighted by Gasteiger charge is -2.36. The number of amides is 2. The summed E-state index contributed by atoms with van der Waals surface area (Å²) in [4.78, 5) is 43.3. The molecular weight excluding hydrogens is 466 g/mol. The average Bonchev–Trinajstić information content (AvgIpc) is 3.33. The zero-order valence-corrected chi connectivity index (χ0v) is 20.2. The van der Waals surface area contributed by atoms with Gasteiger partial charge in [-0.1, -0.05) is 0 Å². The third kappa shape index (κ3) is 5.02. The summed E-state index contributed by atoms with van der Waals surface area (Å²) in [5.41, 5.74) is 1.72. The number of methoxy groups -OCH3 is 1. The van der Waals surface area contributed by atoms with Gasteiger partial charge in [-0.15, -0.1) is 0 Å². The number of ether oxygens (including phenoxy) is 4. The van der Waals surface area contributed by atoms with Gasteiger partial charge in [-0.05, 0) is 36.4 Å². The van der Waals surface area contributed by atoms with Crippen LogP contribution < -0.4 is 24.0 Å². The van der Waals surface area contributed by atoms with Crippen LogP contribution in [0, 0.1) is 5.92 Å². The third-order valence-electron chi connectivity index (χ3n) is 6.70. The first-order chi connectivity index (χ1) is 17.5. The first-order valence-electron chi connectivity index (χ1n) is 12.1. The number of fused-ring (bicyclic) bond motifs is 1. The van der Waals surface area contributed by atoms with Crippen LogP contribution in [0.15, 0.2) is 42.5 Å². The molecule has 3 aliphatic rings. The largest absolute Gasteiger partial charge is 0.497 e. The molecular formula is C26H29N3O7. The molecule has 0 N–H and O–H groups in total. The summed E-state index contributed by atoms with van der Waals surface area (Å²) in [5.74, 6) is 0.457. The molecule has 0 unspecified atom stereocenters. The first-order valence-corrected chi connectivity index (χ1v) is 12.1. The Bertz CT molecular complexity index is 1130. The summed E-state index contributed by atoms with van der Waals surface area (Å²) in [6.45, 7) is 3.28. The van der Waals surface area contributed by atoms with Gasteiger partial charge >= 0.3 is 5.97 Å². The number of hydrogen-bond donors (Lipinski definition) is 0. The molecule has 0 radical (unpaired) electrons. The molecule has 0 aliphatic carbocycles. The molecule has 2 aromatic rings. The fraction of sp³-hybridized carbons (Fsp3) is 0.423. The van der Waals surface area contributed by atoms with Crippen molar-refractivity contribution in [3.05, 3.63) is 42.5 Å². The van der Waals surface area contributed by atoms with E-state index in [9.17, 15) is 14.4 Å². The van der Waals surface area contributed by atoms with Crippen LogP contribution in [0.2, 0.25) is 0 Å². The highest BCUT2D eigenvalue weighted by atomic mass is 16.6. The highest BCUT2D eigenvalue weighted by Crippen LogP contribution is 2.36. The zero-order chi connectivity index (χ0) is 25.1.